The molecule has 0 heterocycles. The Morgan fingerprint density at radius 3 is 2.00 bits per heavy atom. The number of nitrogens with one attached hydrogen (secondary N) is 1. The van der Waals surface area contributed by atoms with Crippen LogP contribution in [0.3, 0.4) is 0 Å². The van der Waals surface area contributed by atoms with Crippen LogP contribution >= 0.6 is 11.6 Å². The van der Waals surface area contributed by atoms with Crippen molar-refractivity contribution >= 4 is 17.7 Å². The Hall–Kier alpha value is -2.00. The fraction of sp³-hybridized carbons (Fsp3) is 0.235. The summed E-state index contributed by atoms with van der Waals surface area (Å²) in [5.74, 6) is 0. The average Bonchev–Trinajstić information content (AvgIpc) is 2.48. The van der Waals surface area contributed by atoms with E-state index in [-0.39, 0.29) is 0 Å². The first-order valence-corrected chi connectivity index (χ1v) is 7.07. The summed E-state index contributed by atoms with van der Waals surface area (Å²) in [5.41, 5.74) is 2.04. The Labute approximate surface area is 129 Å². The summed E-state index contributed by atoms with van der Waals surface area (Å²) in [6.45, 7) is 3.89. The van der Waals surface area contributed by atoms with Crippen LogP contribution in [0.5, 0.6) is 0 Å². The lowest BCUT2D eigenvalue weighted by Crippen LogP contribution is -2.34. The van der Waals surface area contributed by atoms with E-state index in [4.69, 9.17) is 16.3 Å². The third-order valence-electron chi connectivity index (χ3n) is 3.50. The molecule has 0 aromatic heterocycles. The lowest BCUT2D eigenvalue weighted by atomic mass is 9.87. The SMILES string of the molecule is CNC(=O)OC(C)(c1ccc(C)cc1)c1ccc(Cl)cc1. The third kappa shape index (κ3) is 3.37. The third-order valence-corrected chi connectivity index (χ3v) is 3.75. The van der Waals surface area contributed by atoms with Gasteiger partial charge in [0.15, 0.2) is 5.60 Å². The number of amides is 1. The zero-order valence-corrected chi connectivity index (χ0v) is 13.1. The molecule has 1 N–H and O–H groups in total. The van der Waals surface area contributed by atoms with Gasteiger partial charge in [-0.3, -0.25) is 0 Å². The Balaban J connectivity index is 2.50. The van der Waals surface area contributed by atoms with E-state index in [0.29, 0.717) is 5.02 Å². The van der Waals surface area contributed by atoms with Crippen molar-refractivity contribution in [3.05, 3.63) is 70.2 Å². The van der Waals surface area contributed by atoms with Gasteiger partial charge >= 0.3 is 6.09 Å². The Kier molecular flexibility index (Phi) is 4.53. The quantitative estimate of drug-likeness (QED) is 0.919. The average molecular weight is 304 g/mol. The molecule has 0 saturated carbocycles. The van der Waals surface area contributed by atoms with Gasteiger partial charge in [-0.1, -0.05) is 53.6 Å². The van der Waals surface area contributed by atoms with Gasteiger partial charge in [-0.15, -0.1) is 0 Å². The van der Waals surface area contributed by atoms with E-state index in [1.165, 1.54) is 0 Å². The van der Waals surface area contributed by atoms with Crippen molar-refractivity contribution in [3.8, 4) is 0 Å². The van der Waals surface area contributed by atoms with E-state index in [0.717, 1.165) is 16.7 Å². The highest BCUT2D eigenvalue weighted by Gasteiger charge is 2.33. The minimum absolute atomic E-state index is 0.479. The van der Waals surface area contributed by atoms with Crippen LogP contribution in [0.4, 0.5) is 4.79 Å². The summed E-state index contributed by atoms with van der Waals surface area (Å²) in [5, 5.41) is 3.14. The number of carbonyl (C=O) groups is 1. The number of halogens is 1. The Bertz CT molecular complexity index is 575. The molecule has 110 valence electrons. The van der Waals surface area contributed by atoms with Crippen molar-refractivity contribution in [1.82, 2.24) is 5.32 Å². The lowest BCUT2D eigenvalue weighted by molar-refractivity contribution is 0.0537. The van der Waals surface area contributed by atoms with Crippen molar-refractivity contribution in [2.75, 3.05) is 7.05 Å². The fourth-order valence-electron chi connectivity index (χ4n) is 2.16. The van der Waals surface area contributed by atoms with Gasteiger partial charge in [0.05, 0.1) is 0 Å². The van der Waals surface area contributed by atoms with E-state index in [1.54, 1.807) is 19.2 Å². The van der Waals surface area contributed by atoms with Gasteiger partial charge in [-0.05, 0) is 37.1 Å². The second-order valence-electron chi connectivity index (χ2n) is 5.05. The van der Waals surface area contributed by atoms with Crippen molar-refractivity contribution in [2.45, 2.75) is 19.4 Å². The molecule has 2 aromatic rings. The second-order valence-corrected chi connectivity index (χ2v) is 5.48. The van der Waals surface area contributed by atoms with Crippen LogP contribution in [0.25, 0.3) is 0 Å². The van der Waals surface area contributed by atoms with Gasteiger partial charge in [0.2, 0.25) is 0 Å². The molecule has 0 fully saturated rings. The number of hydrogen-bond acceptors (Lipinski definition) is 2. The zero-order valence-electron chi connectivity index (χ0n) is 12.3. The zero-order chi connectivity index (χ0) is 15.5. The number of alkyl carbamates (subject to hydrolysis) is 1. The Morgan fingerprint density at radius 1 is 1.05 bits per heavy atom. The van der Waals surface area contributed by atoms with Crippen molar-refractivity contribution in [1.29, 1.82) is 0 Å². The molecule has 1 unspecified atom stereocenters. The number of hydrogen-bond donors (Lipinski definition) is 1. The molecule has 0 aliphatic heterocycles. The number of ether oxygens (including phenoxy) is 1. The molecule has 0 aliphatic carbocycles. The first-order chi connectivity index (χ1) is 9.95. The standard InChI is InChI=1S/C17H18ClNO2/c1-12-4-6-13(7-5-12)17(2,21-16(20)19-3)14-8-10-15(18)11-9-14/h4-11H,1-3H3,(H,19,20). The van der Waals surface area contributed by atoms with Crippen molar-refractivity contribution < 1.29 is 9.53 Å². The summed E-state index contributed by atoms with van der Waals surface area (Å²) in [6, 6.07) is 15.2. The van der Waals surface area contributed by atoms with Gasteiger partial charge in [0, 0.05) is 12.1 Å². The maximum atomic E-state index is 11.7. The van der Waals surface area contributed by atoms with Gasteiger partial charge in [0.1, 0.15) is 0 Å². The van der Waals surface area contributed by atoms with E-state index in [9.17, 15) is 4.79 Å². The summed E-state index contributed by atoms with van der Waals surface area (Å²) >= 11 is 5.94. The molecule has 1 atom stereocenters. The molecule has 0 bridgehead atoms. The van der Waals surface area contributed by atoms with Crippen LogP contribution in [-0.4, -0.2) is 13.1 Å². The molecule has 3 nitrogen and oxygen atoms in total. The van der Waals surface area contributed by atoms with E-state index >= 15 is 0 Å². The van der Waals surface area contributed by atoms with E-state index < -0.39 is 11.7 Å². The lowest BCUT2D eigenvalue weighted by Gasteiger charge is -2.30. The number of aryl methyl sites for hydroxylation is 1. The van der Waals surface area contributed by atoms with E-state index in [2.05, 4.69) is 5.32 Å². The first kappa shape index (κ1) is 15.4. The maximum Gasteiger partial charge on any atom is 0.408 e. The predicted molar refractivity (Wildman–Crippen MR) is 84.6 cm³/mol. The smallest absolute Gasteiger partial charge is 0.408 e. The number of carbonyl (C=O) groups excluding carboxylic acids is 1. The molecule has 0 spiro atoms. The Morgan fingerprint density at radius 2 is 1.52 bits per heavy atom. The minimum Gasteiger partial charge on any atom is -0.433 e. The monoisotopic (exact) mass is 303 g/mol. The summed E-state index contributed by atoms with van der Waals surface area (Å²) in [7, 11) is 1.54. The van der Waals surface area contributed by atoms with Crippen LogP contribution in [0, 0.1) is 6.92 Å². The van der Waals surface area contributed by atoms with Gasteiger partial charge in [-0.25, -0.2) is 4.79 Å². The molecule has 0 aliphatic rings. The van der Waals surface area contributed by atoms with Crippen molar-refractivity contribution in [2.24, 2.45) is 0 Å². The van der Waals surface area contributed by atoms with Crippen LogP contribution < -0.4 is 5.32 Å². The largest absolute Gasteiger partial charge is 0.433 e. The van der Waals surface area contributed by atoms with Crippen LogP contribution in [-0.2, 0) is 10.3 Å². The molecule has 1 amide bonds. The normalized spacial score (nSPS) is 13.3. The summed E-state index contributed by atoms with van der Waals surface area (Å²) in [4.78, 5) is 11.7. The van der Waals surface area contributed by atoms with Gasteiger partial charge < -0.3 is 10.1 Å². The van der Waals surface area contributed by atoms with Gasteiger partial charge in [-0.2, -0.15) is 0 Å². The van der Waals surface area contributed by atoms with Crippen molar-refractivity contribution in [3.63, 3.8) is 0 Å². The molecule has 2 aromatic carbocycles. The summed E-state index contributed by atoms with van der Waals surface area (Å²) in [6.07, 6.45) is -0.479. The number of rotatable bonds is 3. The first-order valence-electron chi connectivity index (χ1n) is 6.69. The van der Waals surface area contributed by atoms with E-state index in [1.807, 2.05) is 50.2 Å². The fourth-order valence-corrected chi connectivity index (χ4v) is 2.29. The molecule has 0 radical (unpaired) electrons. The van der Waals surface area contributed by atoms with Crippen LogP contribution in [0.1, 0.15) is 23.6 Å². The topological polar surface area (TPSA) is 38.3 Å². The molecule has 21 heavy (non-hydrogen) atoms. The molecule has 0 saturated heterocycles. The molecule has 4 heteroatoms. The minimum atomic E-state index is -0.877. The highest BCUT2D eigenvalue weighted by molar-refractivity contribution is 6.30. The van der Waals surface area contributed by atoms with Gasteiger partial charge in [0.25, 0.3) is 0 Å². The van der Waals surface area contributed by atoms with Crippen LogP contribution in [0.15, 0.2) is 48.5 Å². The second kappa shape index (κ2) is 6.19. The maximum absolute atomic E-state index is 11.7. The molecular weight excluding hydrogens is 286 g/mol. The van der Waals surface area contributed by atoms with Crippen LogP contribution in [0.2, 0.25) is 5.02 Å². The highest BCUT2D eigenvalue weighted by atomic mass is 35.5. The molecular formula is C17H18ClNO2. The molecule has 2 rings (SSSR count). The summed E-state index contributed by atoms with van der Waals surface area (Å²) < 4.78 is 5.65. The highest BCUT2D eigenvalue weighted by Crippen LogP contribution is 2.34. The number of benzene rings is 2. The predicted octanol–water partition coefficient (Wildman–Crippen LogP) is 4.27.